The van der Waals surface area contributed by atoms with Crippen molar-refractivity contribution in [1.82, 2.24) is 15.0 Å². The number of hydrogen-bond donors (Lipinski definition) is 1. The summed E-state index contributed by atoms with van der Waals surface area (Å²) in [6.45, 7) is 13.0. The molecule has 1 N–H and O–H groups in total. The van der Waals surface area contributed by atoms with Gasteiger partial charge in [-0.1, -0.05) is 20.8 Å². The van der Waals surface area contributed by atoms with Gasteiger partial charge in [-0.25, -0.2) is 0 Å². The molecular formula is C12H22ClN5. The minimum atomic E-state index is 0.161. The van der Waals surface area contributed by atoms with Crippen molar-refractivity contribution in [3.63, 3.8) is 0 Å². The van der Waals surface area contributed by atoms with Crippen LogP contribution >= 0.6 is 11.6 Å². The van der Waals surface area contributed by atoms with Gasteiger partial charge < -0.3 is 10.2 Å². The molecule has 5 nitrogen and oxygen atoms in total. The summed E-state index contributed by atoms with van der Waals surface area (Å²) in [5, 5.41) is 3.42. The Bertz CT molecular complexity index is 385. The standard InChI is InChI=1S/C12H22ClN5/c1-6-18(7-2)11-16-9(13)15-10(17-11)14-8-12(3,4)5/h6-8H2,1-5H3,(H,14,15,16,17). The van der Waals surface area contributed by atoms with E-state index < -0.39 is 0 Å². The molecule has 0 spiro atoms. The van der Waals surface area contributed by atoms with Crippen LogP contribution in [0.5, 0.6) is 0 Å². The molecule has 1 rings (SSSR count). The zero-order chi connectivity index (χ0) is 13.8. The number of hydrogen-bond acceptors (Lipinski definition) is 5. The van der Waals surface area contributed by atoms with E-state index in [9.17, 15) is 0 Å². The number of nitrogens with one attached hydrogen (secondary N) is 1. The molecule has 6 heteroatoms. The molecular weight excluding hydrogens is 250 g/mol. The molecule has 0 saturated heterocycles. The minimum Gasteiger partial charge on any atom is -0.354 e. The van der Waals surface area contributed by atoms with E-state index in [2.05, 4.69) is 54.9 Å². The smallest absolute Gasteiger partial charge is 0.231 e. The van der Waals surface area contributed by atoms with E-state index in [1.165, 1.54) is 0 Å². The molecule has 1 aromatic heterocycles. The summed E-state index contributed by atoms with van der Waals surface area (Å²) in [6.07, 6.45) is 0. The van der Waals surface area contributed by atoms with E-state index >= 15 is 0 Å². The van der Waals surface area contributed by atoms with Gasteiger partial charge >= 0.3 is 0 Å². The molecule has 0 aliphatic heterocycles. The summed E-state index contributed by atoms with van der Waals surface area (Å²) < 4.78 is 0. The van der Waals surface area contributed by atoms with Gasteiger partial charge in [0.15, 0.2) is 0 Å². The van der Waals surface area contributed by atoms with Crippen molar-refractivity contribution in [2.45, 2.75) is 34.6 Å². The molecule has 0 bridgehead atoms. The Kier molecular flexibility index (Phi) is 5.14. The van der Waals surface area contributed by atoms with Crippen LogP contribution in [0.3, 0.4) is 0 Å². The molecule has 18 heavy (non-hydrogen) atoms. The quantitative estimate of drug-likeness (QED) is 0.892. The lowest BCUT2D eigenvalue weighted by atomic mass is 9.97. The summed E-state index contributed by atoms with van der Waals surface area (Å²) >= 11 is 5.93. The van der Waals surface area contributed by atoms with Gasteiger partial charge in [-0.05, 0) is 30.9 Å². The Labute approximate surface area is 114 Å². The first-order valence-electron chi connectivity index (χ1n) is 6.26. The van der Waals surface area contributed by atoms with Crippen LogP contribution in [-0.4, -0.2) is 34.6 Å². The Hall–Kier alpha value is -1.10. The summed E-state index contributed by atoms with van der Waals surface area (Å²) in [7, 11) is 0. The largest absolute Gasteiger partial charge is 0.354 e. The zero-order valence-corrected chi connectivity index (χ0v) is 12.5. The van der Waals surface area contributed by atoms with Crippen LogP contribution in [0.2, 0.25) is 5.28 Å². The Balaban J connectivity index is 2.87. The maximum atomic E-state index is 5.93. The van der Waals surface area contributed by atoms with E-state index in [-0.39, 0.29) is 10.7 Å². The van der Waals surface area contributed by atoms with Gasteiger partial charge in [0.1, 0.15) is 0 Å². The Morgan fingerprint density at radius 3 is 2.22 bits per heavy atom. The summed E-state index contributed by atoms with van der Waals surface area (Å²) in [5.41, 5.74) is 0.161. The Morgan fingerprint density at radius 2 is 1.72 bits per heavy atom. The molecule has 0 saturated carbocycles. The molecule has 0 aliphatic carbocycles. The number of anilines is 2. The summed E-state index contributed by atoms with van der Waals surface area (Å²) in [5.74, 6) is 1.16. The maximum Gasteiger partial charge on any atom is 0.231 e. The van der Waals surface area contributed by atoms with Gasteiger partial charge in [-0.3, -0.25) is 0 Å². The van der Waals surface area contributed by atoms with E-state index in [1.807, 2.05) is 4.90 Å². The SMILES string of the molecule is CCN(CC)c1nc(Cl)nc(NCC(C)(C)C)n1. The van der Waals surface area contributed by atoms with Crippen LogP contribution < -0.4 is 10.2 Å². The van der Waals surface area contributed by atoms with Crippen LogP contribution in [-0.2, 0) is 0 Å². The lowest BCUT2D eigenvalue weighted by Gasteiger charge is -2.21. The van der Waals surface area contributed by atoms with Crippen molar-refractivity contribution in [2.75, 3.05) is 29.9 Å². The van der Waals surface area contributed by atoms with Crippen LogP contribution in [0.1, 0.15) is 34.6 Å². The maximum absolute atomic E-state index is 5.93. The van der Waals surface area contributed by atoms with E-state index in [1.54, 1.807) is 0 Å². The number of rotatable bonds is 5. The van der Waals surface area contributed by atoms with E-state index in [0.29, 0.717) is 11.9 Å². The molecule has 0 amide bonds. The first-order valence-corrected chi connectivity index (χ1v) is 6.64. The summed E-state index contributed by atoms with van der Waals surface area (Å²) in [4.78, 5) is 14.7. The summed E-state index contributed by atoms with van der Waals surface area (Å²) in [6, 6.07) is 0. The van der Waals surface area contributed by atoms with E-state index in [0.717, 1.165) is 19.6 Å². The first-order chi connectivity index (χ1) is 8.35. The molecule has 0 atom stereocenters. The topological polar surface area (TPSA) is 53.9 Å². The second-order valence-corrected chi connectivity index (χ2v) is 5.65. The van der Waals surface area contributed by atoms with Gasteiger partial charge in [0.2, 0.25) is 17.2 Å². The first kappa shape index (κ1) is 15.0. The van der Waals surface area contributed by atoms with Gasteiger partial charge in [0, 0.05) is 19.6 Å². The molecule has 0 aromatic carbocycles. The van der Waals surface area contributed by atoms with Gasteiger partial charge in [-0.2, -0.15) is 15.0 Å². The highest BCUT2D eigenvalue weighted by molar-refractivity contribution is 6.28. The third-order valence-electron chi connectivity index (χ3n) is 2.42. The van der Waals surface area contributed by atoms with Crippen LogP contribution in [0, 0.1) is 5.41 Å². The molecule has 1 heterocycles. The molecule has 0 unspecified atom stereocenters. The predicted molar refractivity (Wildman–Crippen MR) is 76.3 cm³/mol. The highest BCUT2D eigenvalue weighted by Crippen LogP contribution is 2.16. The highest BCUT2D eigenvalue weighted by atomic mass is 35.5. The monoisotopic (exact) mass is 271 g/mol. The van der Waals surface area contributed by atoms with Crippen molar-refractivity contribution in [1.29, 1.82) is 0 Å². The molecule has 1 aromatic rings. The lowest BCUT2D eigenvalue weighted by molar-refractivity contribution is 0.441. The second kappa shape index (κ2) is 6.18. The average molecular weight is 272 g/mol. The zero-order valence-electron chi connectivity index (χ0n) is 11.8. The van der Waals surface area contributed by atoms with Crippen molar-refractivity contribution >= 4 is 23.5 Å². The molecule has 0 radical (unpaired) electrons. The van der Waals surface area contributed by atoms with Crippen LogP contribution in [0.4, 0.5) is 11.9 Å². The minimum absolute atomic E-state index is 0.161. The van der Waals surface area contributed by atoms with E-state index in [4.69, 9.17) is 11.6 Å². The van der Waals surface area contributed by atoms with Crippen molar-refractivity contribution in [3.05, 3.63) is 5.28 Å². The fourth-order valence-electron chi connectivity index (χ4n) is 1.41. The fraction of sp³-hybridized carbons (Fsp3) is 0.750. The van der Waals surface area contributed by atoms with Gasteiger partial charge in [-0.15, -0.1) is 0 Å². The van der Waals surface area contributed by atoms with Crippen molar-refractivity contribution in [3.8, 4) is 0 Å². The third-order valence-corrected chi connectivity index (χ3v) is 2.59. The van der Waals surface area contributed by atoms with Crippen LogP contribution in [0.15, 0.2) is 0 Å². The highest BCUT2D eigenvalue weighted by Gasteiger charge is 2.13. The van der Waals surface area contributed by atoms with Gasteiger partial charge in [0.25, 0.3) is 0 Å². The molecule has 0 aliphatic rings. The normalized spacial score (nSPS) is 11.4. The predicted octanol–water partition coefficient (Wildman–Crippen LogP) is 2.83. The van der Waals surface area contributed by atoms with Crippen LogP contribution in [0.25, 0.3) is 0 Å². The second-order valence-electron chi connectivity index (χ2n) is 5.31. The fourth-order valence-corrected chi connectivity index (χ4v) is 1.57. The van der Waals surface area contributed by atoms with Crippen molar-refractivity contribution in [2.24, 2.45) is 5.41 Å². The lowest BCUT2D eigenvalue weighted by Crippen LogP contribution is -2.26. The van der Waals surface area contributed by atoms with Gasteiger partial charge in [0.05, 0.1) is 0 Å². The molecule has 0 fully saturated rings. The number of halogens is 1. The Morgan fingerprint density at radius 1 is 1.11 bits per heavy atom. The third kappa shape index (κ3) is 4.64. The number of nitrogens with zero attached hydrogens (tertiary/aromatic N) is 4. The molecule has 102 valence electrons. The van der Waals surface area contributed by atoms with Crippen molar-refractivity contribution < 1.29 is 0 Å². The number of aromatic nitrogens is 3. The average Bonchev–Trinajstić information content (AvgIpc) is 2.26.